The minimum atomic E-state index is -4.53. The van der Waals surface area contributed by atoms with Crippen LogP contribution in [0.25, 0.3) is 0 Å². The Morgan fingerprint density at radius 3 is 1.67 bits per heavy atom. The average Bonchev–Trinajstić information content (AvgIpc) is 3.09. The van der Waals surface area contributed by atoms with E-state index in [1.165, 1.54) is 83.5 Å². The predicted octanol–water partition coefficient (Wildman–Crippen LogP) is 11.6. The van der Waals surface area contributed by atoms with Crippen LogP contribution in [0.2, 0.25) is 0 Å². The predicted molar refractivity (Wildman–Crippen MR) is 217 cm³/mol. The fourth-order valence-electron chi connectivity index (χ4n) is 5.68. The van der Waals surface area contributed by atoms with E-state index in [4.69, 9.17) is 18.5 Å². The molecule has 0 fully saturated rings. The first-order chi connectivity index (χ1) is 25.1. The summed E-state index contributed by atoms with van der Waals surface area (Å²) in [6, 6.07) is 0. The lowest BCUT2D eigenvalue weighted by Gasteiger charge is -2.28. The van der Waals surface area contributed by atoms with Gasteiger partial charge in [-0.05, 0) is 44.9 Å². The highest BCUT2D eigenvalue weighted by Gasteiger charge is 2.20. The van der Waals surface area contributed by atoms with Gasteiger partial charge in [-0.1, -0.05) is 159 Å². The first kappa shape index (κ1) is 50.7. The van der Waals surface area contributed by atoms with Crippen molar-refractivity contribution in [3.05, 3.63) is 36.5 Å². The molecule has 2 atom stereocenters. The van der Waals surface area contributed by atoms with Crippen LogP contribution in [0.4, 0.5) is 0 Å². The Morgan fingerprint density at radius 2 is 1.12 bits per heavy atom. The number of carbonyl (C=O) groups excluding carboxylic acids is 1. The lowest BCUT2D eigenvalue weighted by molar-refractivity contribution is -0.870. The van der Waals surface area contributed by atoms with E-state index in [-0.39, 0.29) is 25.8 Å². The van der Waals surface area contributed by atoms with Crippen molar-refractivity contribution >= 4 is 13.8 Å². The number of allylic oxidation sites excluding steroid dienone is 6. The van der Waals surface area contributed by atoms with Crippen LogP contribution in [0.15, 0.2) is 36.5 Å². The SMILES string of the molecule is CC/C=C\C/C=C\C/C=C\CCCCCCOCC(COP(=O)([O-])OCC[N+](C)(C)C)OC(=O)CCCCCCCCCCCCCCCCCC. The van der Waals surface area contributed by atoms with Crippen molar-refractivity contribution in [3.63, 3.8) is 0 Å². The molecule has 0 bridgehead atoms. The Morgan fingerprint density at radius 1 is 0.615 bits per heavy atom. The molecule has 0 aromatic carbocycles. The highest BCUT2D eigenvalue weighted by Crippen LogP contribution is 2.38. The zero-order chi connectivity index (χ0) is 38.4. The van der Waals surface area contributed by atoms with Crippen LogP contribution in [0.1, 0.15) is 174 Å². The number of rotatable bonds is 39. The molecular weight excluding hydrogens is 673 g/mol. The minimum absolute atomic E-state index is 0.0221. The lowest BCUT2D eigenvalue weighted by Crippen LogP contribution is -2.37. The third-order valence-electron chi connectivity index (χ3n) is 8.96. The molecule has 0 heterocycles. The second-order valence-electron chi connectivity index (χ2n) is 15.3. The van der Waals surface area contributed by atoms with E-state index in [9.17, 15) is 14.3 Å². The van der Waals surface area contributed by atoms with Crippen LogP contribution < -0.4 is 4.89 Å². The number of likely N-dealkylation sites (N-methyl/N-ethyl adjacent to an activating group) is 1. The number of esters is 1. The molecule has 0 aliphatic rings. The summed E-state index contributed by atoms with van der Waals surface area (Å²) in [5.41, 5.74) is 0. The van der Waals surface area contributed by atoms with Gasteiger partial charge < -0.3 is 27.9 Å². The maximum atomic E-state index is 12.7. The number of ether oxygens (including phenoxy) is 2. The molecule has 0 aliphatic heterocycles. The molecule has 0 rings (SSSR count). The van der Waals surface area contributed by atoms with Gasteiger partial charge in [-0.15, -0.1) is 0 Å². The molecule has 8 nitrogen and oxygen atoms in total. The van der Waals surface area contributed by atoms with Gasteiger partial charge in [0.15, 0.2) is 0 Å². The Labute approximate surface area is 321 Å². The Kier molecular flexibility index (Phi) is 35.8. The standard InChI is InChI=1S/C43H82NO7P/c1-6-8-10-12-14-16-18-20-22-23-24-26-28-30-32-34-36-43(45)51-42(41-50-52(46,47)49-39-37-44(3,4)5)40-48-38-35-33-31-29-27-25-21-19-17-15-13-11-9-7-2/h9,11,15,17,21,25,42H,6-8,10,12-14,16,18-20,22-24,26-41H2,1-5H3/b11-9-,17-15-,25-21-. The monoisotopic (exact) mass is 756 g/mol. The number of nitrogens with zero attached hydrogens (tertiary/aromatic N) is 1. The second-order valence-corrected chi connectivity index (χ2v) is 16.7. The zero-order valence-corrected chi connectivity index (χ0v) is 35.4. The Balaban J connectivity index is 4.27. The van der Waals surface area contributed by atoms with Crippen molar-refractivity contribution in [3.8, 4) is 0 Å². The summed E-state index contributed by atoms with van der Waals surface area (Å²) in [7, 11) is 1.34. The lowest BCUT2D eigenvalue weighted by atomic mass is 10.0. The fourth-order valence-corrected chi connectivity index (χ4v) is 6.41. The van der Waals surface area contributed by atoms with Crippen LogP contribution in [-0.4, -0.2) is 70.7 Å². The van der Waals surface area contributed by atoms with E-state index >= 15 is 0 Å². The summed E-state index contributed by atoms with van der Waals surface area (Å²) in [6.45, 7) is 5.25. The van der Waals surface area contributed by atoms with Gasteiger partial charge in [-0.2, -0.15) is 0 Å². The number of phosphoric ester groups is 1. The molecule has 2 unspecified atom stereocenters. The van der Waals surface area contributed by atoms with Gasteiger partial charge in [0.1, 0.15) is 19.3 Å². The molecule has 0 aromatic heterocycles. The molecule has 306 valence electrons. The molecule has 0 saturated carbocycles. The summed E-state index contributed by atoms with van der Waals surface area (Å²) in [5.74, 6) is -0.342. The molecule has 0 spiro atoms. The van der Waals surface area contributed by atoms with Crippen LogP contribution in [0.5, 0.6) is 0 Å². The van der Waals surface area contributed by atoms with Gasteiger partial charge in [0.05, 0.1) is 34.4 Å². The molecule has 52 heavy (non-hydrogen) atoms. The van der Waals surface area contributed by atoms with Crippen molar-refractivity contribution in [2.45, 2.75) is 180 Å². The maximum Gasteiger partial charge on any atom is 0.306 e. The van der Waals surface area contributed by atoms with Gasteiger partial charge in [0, 0.05) is 13.0 Å². The van der Waals surface area contributed by atoms with Crippen molar-refractivity contribution in [2.24, 2.45) is 0 Å². The van der Waals surface area contributed by atoms with Crippen molar-refractivity contribution in [2.75, 3.05) is 54.1 Å². The molecule has 9 heteroatoms. The fraction of sp³-hybridized carbons (Fsp3) is 0.837. The number of hydrogen-bond donors (Lipinski definition) is 0. The largest absolute Gasteiger partial charge is 0.756 e. The van der Waals surface area contributed by atoms with E-state index in [1.807, 2.05) is 21.1 Å². The van der Waals surface area contributed by atoms with Crippen LogP contribution in [0.3, 0.4) is 0 Å². The molecule has 0 radical (unpaired) electrons. The van der Waals surface area contributed by atoms with Gasteiger partial charge in [-0.25, -0.2) is 0 Å². The number of quaternary nitrogens is 1. The van der Waals surface area contributed by atoms with Crippen LogP contribution in [0, 0.1) is 0 Å². The summed E-state index contributed by atoms with van der Waals surface area (Å²) in [6.07, 6.45) is 41.5. The normalized spacial score (nSPS) is 14.2. The molecule has 0 aromatic rings. The van der Waals surface area contributed by atoms with Gasteiger partial charge in [-0.3, -0.25) is 9.36 Å². The van der Waals surface area contributed by atoms with Crippen molar-refractivity contribution < 1.29 is 37.3 Å². The van der Waals surface area contributed by atoms with E-state index in [0.29, 0.717) is 24.1 Å². The third-order valence-corrected chi connectivity index (χ3v) is 9.92. The molecule has 0 aliphatic carbocycles. The summed E-state index contributed by atoms with van der Waals surface area (Å²) >= 11 is 0. The Bertz CT molecular complexity index is 931. The van der Waals surface area contributed by atoms with Crippen LogP contribution >= 0.6 is 7.82 Å². The van der Waals surface area contributed by atoms with Crippen molar-refractivity contribution in [1.29, 1.82) is 0 Å². The highest BCUT2D eigenvalue weighted by atomic mass is 31.2. The quantitative estimate of drug-likeness (QED) is 0.0203. The molecule has 0 N–H and O–H groups in total. The zero-order valence-electron chi connectivity index (χ0n) is 34.5. The molecular formula is C43H82NO7P. The number of phosphoric acid groups is 1. The number of unbranched alkanes of at least 4 members (excludes halogenated alkanes) is 19. The van der Waals surface area contributed by atoms with Crippen molar-refractivity contribution in [1.82, 2.24) is 0 Å². The first-order valence-corrected chi connectivity index (χ1v) is 22.7. The summed E-state index contributed by atoms with van der Waals surface area (Å²) < 4.78 is 34.5. The third kappa shape index (κ3) is 39.9. The Hall–Kier alpha value is -1.28. The summed E-state index contributed by atoms with van der Waals surface area (Å²) in [4.78, 5) is 25.0. The first-order valence-electron chi connectivity index (χ1n) is 21.2. The van der Waals surface area contributed by atoms with Crippen LogP contribution in [-0.2, 0) is 27.9 Å². The second kappa shape index (κ2) is 36.7. The average molecular weight is 756 g/mol. The number of hydrogen-bond acceptors (Lipinski definition) is 7. The smallest absolute Gasteiger partial charge is 0.306 e. The molecule has 0 saturated heterocycles. The van der Waals surface area contributed by atoms with E-state index < -0.39 is 13.9 Å². The van der Waals surface area contributed by atoms with Gasteiger partial charge >= 0.3 is 5.97 Å². The number of carbonyl (C=O) groups is 1. The maximum absolute atomic E-state index is 12.7. The molecule has 0 amide bonds. The van der Waals surface area contributed by atoms with E-state index in [1.54, 1.807) is 0 Å². The van der Waals surface area contributed by atoms with E-state index in [0.717, 1.165) is 70.6 Å². The highest BCUT2D eigenvalue weighted by molar-refractivity contribution is 7.45. The summed E-state index contributed by atoms with van der Waals surface area (Å²) in [5, 5.41) is 0. The topological polar surface area (TPSA) is 94.1 Å². The van der Waals surface area contributed by atoms with Gasteiger partial charge in [0.25, 0.3) is 7.82 Å². The van der Waals surface area contributed by atoms with Gasteiger partial charge in [0.2, 0.25) is 0 Å². The van der Waals surface area contributed by atoms with E-state index in [2.05, 4.69) is 50.3 Å². The minimum Gasteiger partial charge on any atom is -0.756 e.